The van der Waals surface area contributed by atoms with E-state index in [9.17, 15) is 9.59 Å². The fourth-order valence-electron chi connectivity index (χ4n) is 10.9. The number of nitrogens with one attached hydrogen (secondary N) is 3. The third kappa shape index (κ3) is 14.4. The summed E-state index contributed by atoms with van der Waals surface area (Å²) in [6.45, 7) is 26.3. The van der Waals surface area contributed by atoms with Crippen molar-refractivity contribution in [1.82, 2.24) is 35.0 Å². The molecule has 424 valence electrons. The molecule has 0 saturated carbocycles. The highest BCUT2D eigenvalue weighted by atomic mass is 16.5. The largest absolute Gasteiger partial charge is 0.490 e. The molecule has 2 saturated heterocycles. The van der Waals surface area contributed by atoms with Gasteiger partial charge >= 0.3 is 0 Å². The number of piperazine rings is 1. The number of carbonyl (C=O) groups is 2. The first-order chi connectivity index (χ1) is 39.0. The lowest BCUT2D eigenvalue weighted by atomic mass is 10.00. The van der Waals surface area contributed by atoms with E-state index in [4.69, 9.17) is 30.4 Å². The van der Waals surface area contributed by atoms with Gasteiger partial charge in [0, 0.05) is 117 Å². The summed E-state index contributed by atoms with van der Waals surface area (Å²) in [5.74, 6) is 1.37. The number of likely N-dealkylation sites (N-methyl/N-ethyl adjacent to an activating group) is 1. The van der Waals surface area contributed by atoms with E-state index in [0.717, 1.165) is 93.9 Å². The zero-order chi connectivity index (χ0) is 56.5. The quantitative estimate of drug-likeness (QED) is 0.0382. The minimum Gasteiger partial charge on any atom is -0.490 e. The van der Waals surface area contributed by atoms with Crippen LogP contribution in [0.5, 0.6) is 23.0 Å². The lowest BCUT2D eigenvalue weighted by molar-refractivity contribution is 0.0992. The number of rotatable bonds is 24. The van der Waals surface area contributed by atoms with Gasteiger partial charge in [0.05, 0.1) is 60.0 Å². The molecule has 0 spiro atoms. The predicted octanol–water partition coefficient (Wildman–Crippen LogP) is 10.2. The molecule has 1 atom stereocenters. The molecule has 2 aliphatic rings. The summed E-state index contributed by atoms with van der Waals surface area (Å²) in [5.41, 5.74) is 23.1. The van der Waals surface area contributed by atoms with Gasteiger partial charge in [0.1, 0.15) is 0 Å². The fraction of sp³-hybridized carbons (Fsp3) is 0.413. The SMILES string of the molecule is CCOc1cc2ncc(C(N)=O)c(Nc3cccc(CN4CCN(Cc5ccncc5)CC4)c3CC)c2cc1OCC.CCOc1cc2ncc(C(N)=O)c(Nc3cccc(CNC4CCCN(CC)C4)c3CC)c2cc1OCC. The minimum atomic E-state index is -0.544. The molecule has 17 nitrogen and oxygen atoms in total. The number of nitrogens with zero attached hydrogens (tertiary/aromatic N) is 6. The number of likely N-dealkylation sites (tertiary alicyclic amines) is 1. The maximum absolute atomic E-state index is 12.5. The molecule has 0 aliphatic carbocycles. The van der Waals surface area contributed by atoms with Gasteiger partial charge in [-0.25, -0.2) is 0 Å². The van der Waals surface area contributed by atoms with Gasteiger partial charge in [-0.05, 0) is 131 Å². The fourth-order valence-corrected chi connectivity index (χ4v) is 10.9. The number of aromatic nitrogens is 3. The molecular weight excluding hydrogens is 1010 g/mol. The highest BCUT2D eigenvalue weighted by molar-refractivity contribution is 6.09. The Bertz CT molecular complexity index is 3200. The highest BCUT2D eigenvalue weighted by Gasteiger charge is 2.24. The molecule has 5 heterocycles. The van der Waals surface area contributed by atoms with E-state index in [0.29, 0.717) is 89.0 Å². The van der Waals surface area contributed by atoms with Gasteiger partial charge in [0.2, 0.25) is 0 Å². The minimum absolute atomic E-state index is 0.326. The van der Waals surface area contributed by atoms with Crippen LogP contribution in [0.2, 0.25) is 0 Å². The standard InChI is InChI=1S/C33H40N6O3.C30H41N5O3/c1-4-25-24(22-39-16-14-38(15-17-39)21-23-10-12-35-13-11-23)8-7-9-28(25)37-32-26-18-30(41-5-2)31(42-6-3)19-29(26)36-20-27(32)33(34)40;1-5-22-20(17-32-21-12-10-14-35(6-2)19-21)11-9-13-25(22)34-29-23-15-27(37-7-3)28(38-8-4)16-26(23)33-18-24(29)30(31)36/h7-13,18-20H,4-6,14-17,21-22H2,1-3H3,(H2,34,40)(H,36,37);9,11,13,15-16,18,21,32H,5-8,10,12,14,17,19H2,1-4H3,(H2,31,36)(H,33,34). The molecule has 4 aromatic carbocycles. The Balaban J connectivity index is 0.000000211. The topological polar surface area (TPSA) is 208 Å². The van der Waals surface area contributed by atoms with Gasteiger partial charge in [0.25, 0.3) is 11.8 Å². The normalized spacial score (nSPS) is 15.0. The van der Waals surface area contributed by atoms with Crippen molar-refractivity contribution in [3.63, 3.8) is 0 Å². The molecule has 9 rings (SSSR count). The van der Waals surface area contributed by atoms with Crippen LogP contribution in [-0.2, 0) is 32.5 Å². The number of piperidine rings is 1. The summed E-state index contributed by atoms with van der Waals surface area (Å²) < 4.78 is 23.3. The van der Waals surface area contributed by atoms with Crippen LogP contribution in [0.1, 0.15) is 110 Å². The maximum atomic E-state index is 12.5. The Labute approximate surface area is 471 Å². The van der Waals surface area contributed by atoms with Crippen molar-refractivity contribution < 1.29 is 28.5 Å². The number of ether oxygens (including phenoxy) is 4. The van der Waals surface area contributed by atoms with Crippen molar-refractivity contribution in [2.24, 2.45) is 11.5 Å². The number of pyridine rings is 3. The van der Waals surface area contributed by atoms with Crippen LogP contribution in [0.3, 0.4) is 0 Å². The molecule has 2 amide bonds. The van der Waals surface area contributed by atoms with E-state index in [1.165, 1.54) is 59.6 Å². The first kappa shape index (κ1) is 58.6. The Kier molecular flexibility index (Phi) is 20.9. The van der Waals surface area contributed by atoms with Crippen molar-refractivity contribution in [2.75, 3.05) is 82.9 Å². The van der Waals surface area contributed by atoms with E-state index in [2.05, 4.69) is 115 Å². The summed E-state index contributed by atoms with van der Waals surface area (Å²) in [7, 11) is 0. The van der Waals surface area contributed by atoms with Gasteiger partial charge in [-0.3, -0.25) is 34.3 Å². The van der Waals surface area contributed by atoms with Crippen LogP contribution < -0.4 is 46.4 Å². The average molecular weight is 1090 g/mol. The number of hydrogen-bond donors (Lipinski definition) is 5. The molecule has 1 unspecified atom stereocenters. The highest BCUT2D eigenvalue weighted by Crippen LogP contribution is 2.40. The molecule has 80 heavy (non-hydrogen) atoms. The summed E-state index contributed by atoms with van der Waals surface area (Å²) in [6.07, 6.45) is 10.9. The summed E-state index contributed by atoms with van der Waals surface area (Å²) >= 11 is 0. The first-order valence-electron chi connectivity index (χ1n) is 28.6. The molecular formula is C63H81N11O6. The molecule has 0 radical (unpaired) electrons. The van der Waals surface area contributed by atoms with Crippen LogP contribution in [0.4, 0.5) is 22.7 Å². The Morgan fingerprint density at radius 2 is 1.06 bits per heavy atom. The molecule has 0 bridgehead atoms. The smallest absolute Gasteiger partial charge is 0.252 e. The monoisotopic (exact) mass is 1090 g/mol. The second-order valence-electron chi connectivity index (χ2n) is 20.1. The Hall–Kier alpha value is -7.57. The Morgan fingerprint density at radius 3 is 1.54 bits per heavy atom. The number of hydrogen-bond acceptors (Lipinski definition) is 15. The van der Waals surface area contributed by atoms with Crippen molar-refractivity contribution in [2.45, 2.75) is 99.8 Å². The third-order valence-electron chi connectivity index (χ3n) is 14.9. The zero-order valence-corrected chi connectivity index (χ0v) is 47.8. The van der Waals surface area contributed by atoms with Crippen LogP contribution in [0.25, 0.3) is 21.8 Å². The van der Waals surface area contributed by atoms with E-state index >= 15 is 0 Å². The van der Waals surface area contributed by atoms with Crippen molar-refractivity contribution in [3.8, 4) is 23.0 Å². The molecule has 7 N–H and O–H groups in total. The van der Waals surface area contributed by atoms with Crippen molar-refractivity contribution in [3.05, 3.63) is 137 Å². The number of fused-ring (bicyclic) bond motifs is 2. The van der Waals surface area contributed by atoms with Crippen molar-refractivity contribution >= 4 is 56.4 Å². The van der Waals surface area contributed by atoms with Crippen LogP contribution in [0, 0.1) is 0 Å². The lowest BCUT2D eigenvalue weighted by Crippen LogP contribution is -2.45. The summed E-state index contributed by atoms with van der Waals surface area (Å²) in [5, 5.41) is 12.4. The Morgan fingerprint density at radius 1 is 0.588 bits per heavy atom. The van der Waals surface area contributed by atoms with E-state index in [-0.39, 0.29) is 0 Å². The first-order valence-corrected chi connectivity index (χ1v) is 28.6. The molecule has 2 fully saturated rings. The number of nitrogens with two attached hydrogens (primary N) is 2. The van der Waals surface area contributed by atoms with Gasteiger partial charge in [-0.1, -0.05) is 45.0 Å². The zero-order valence-electron chi connectivity index (χ0n) is 47.8. The van der Waals surface area contributed by atoms with Gasteiger partial charge in [-0.2, -0.15) is 0 Å². The van der Waals surface area contributed by atoms with E-state index in [1.54, 1.807) is 0 Å². The average Bonchev–Trinajstić information content (AvgIpc) is 3.48. The second kappa shape index (κ2) is 28.5. The van der Waals surface area contributed by atoms with Gasteiger partial charge in [-0.15, -0.1) is 0 Å². The van der Waals surface area contributed by atoms with Gasteiger partial charge in [0.15, 0.2) is 23.0 Å². The molecule has 3 aromatic heterocycles. The maximum Gasteiger partial charge on any atom is 0.252 e. The molecule has 2 aliphatic heterocycles. The number of primary amides is 2. The number of amides is 2. The molecule has 17 heteroatoms. The van der Waals surface area contributed by atoms with Crippen LogP contribution in [-0.4, -0.2) is 120 Å². The second-order valence-corrected chi connectivity index (χ2v) is 20.1. The van der Waals surface area contributed by atoms with Crippen molar-refractivity contribution in [1.29, 1.82) is 0 Å². The van der Waals surface area contributed by atoms with E-state index < -0.39 is 11.8 Å². The number of anilines is 4. The number of carbonyl (C=O) groups excluding carboxylic acids is 2. The van der Waals surface area contributed by atoms with E-state index in [1.807, 2.05) is 64.4 Å². The van der Waals surface area contributed by atoms with Gasteiger partial charge < -0.3 is 51.3 Å². The van der Waals surface area contributed by atoms with Crippen LogP contribution >= 0.6 is 0 Å². The number of benzene rings is 4. The summed E-state index contributed by atoms with van der Waals surface area (Å²) in [6, 6.07) is 24.8. The summed E-state index contributed by atoms with van der Waals surface area (Å²) in [4.78, 5) is 45.7. The molecule has 7 aromatic rings. The lowest BCUT2D eigenvalue weighted by Gasteiger charge is -2.35. The predicted molar refractivity (Wildman–Crippen MR) is 320 cm³/mol. The van der Waals surface area contributed by atoms with Crippen LogP contribution in [0.15, 0.2) is 97.6 Å². The third-order valence-corrected chi connectivity index (χ3v) is 14.9.